The fourth-order valence-corrected chi connectivity index (χ4v) is 2.40. The Balaban J connectivity index is 2.55. The zero-order valence-electron chi connectivity index (χ0n) is 12.3. The normalized spacial score (nSPS) is 12.2. The molecule has 0 radical (unpaired) electrons. The molecule has 0 aliphatic carbocycles. The molecule has 20 heavy (non-hydrogen) atoms. The van der Waals surface area contributed by atoms with Crippen LogP contribution in [0.1, 0.15) is 28.3 Å². The zero-order chi connectivity index (χ0) is 14.7. The van der Waals surface area contributed by atoms with Crippen LogP contribution in [0.25, 0.3) is 0 Å². The lowest BCUT2D eigenvalue weighted by atomic mass is 9.94. The van der Waals surface area contributed by atoms with Crippen LogP contribution < -0.4 is 10.1 Å². The Hall–Kier alpha value is -1.87. The first-order valence-electron chi connectivity index (χ1n) is 6.65. The second-order valence-electron chi connectivity index (χ2n) is 4.92. The van der Waals surface area contributed by atoms with Gasteiger partial charge in [0.15, 0.2) is 0 Å². The molecule has 1 N–H and O–H groups in total. The van der Waals surface area contributed by atoms with E-state index in [9.17, 15) is 4.39 Å². The average molecular weight is 273 g/mol. The maximum Gasteiger partial charge on any atom is 0.132 e. The summed E-state index contributed by atoms with van der Waals surface area (Å²) in [6.45, 7) is 4.13. The number of benzene rings is 2. The third-order valence-corrected chi connectivity index (χ3v) is 3.67. The van der Waals surface area contributed by atoms with Crippen molar-refractivity contribution < 1.29 is 9.13 Å². The van der Waals surface area contributed by atoms with E-state index in [-0.39, 0.29) is 11.9 Å². The maximum absolute atomic E-state index is 14.2. The van der Waals surface area contributed by atoms with Crippen LogP contribution in [0.3, 0.4) is 0 Å². The lowest BCUT2D eigenvalue weighted by molar-refractivity contribution is 0.398. The molecular weight excluding hydrogens is 253 g/mol. The predicted molar refractivity (Wildman–Crippen MR) is 79.8 cm³/mol. The Morgan fingerprint density at radius 2 is 1.85 bits per heavy atom. The molecule has 0 amide bonds. The number of nitrogens with one attached hydrogen (secondary N) is 1. The first-order valence-corrected chi connectivity index (χ1v) is 6.65. The van der Waals surface area contributed by atoms with Crippen LogP contribution in [0, 0.1) is 19.7 Å². The van der Waals surface area contributed by atoms with E-state index in [0.717, 1.165) is 5.56 Å². The van der Waals surface area contributed by atoms with Crippen LogP contribution in [0.2, 0.25) is 0 Å². The predicted octanol–water partition coefficient (Wildman–Crippen LogP) is 3.76. The van der Waals surface area contributed by atoms with Gasteiger partial charge < -0.3 is 10.1 Å². The van der Waals surface area contributed by atoms with Crippen LogP contribution >= 0.6 is 0 Å². The second kappa shape index (κ2) is 6.06. The minimum absolute atomic E-state index is 0.231. The fourth-order valence-electron chi connectivity index (χ4n) is 2.40. The lowest BCUT2D eigenvalue weighted by Gasteiger charge is -2.21. The quantitative estimate of drug-likeness (QED) is 0.915. The molecule has 1 atom stereocenters. The van der Waals surface area contributed by atoms with Crippen molar-refractivity contribution in [3.05, 3.63) is 64.5 Å². The maximum atomic E-state index is 14.2. The topological polar surface area (TPSA) is 21.3 Å². The molecule has 0 spiro atoms. The van der Waals surface area contributed by atoms with E-state index in [1.165, 1.54) is 17.2 Å². The van der Waals surface area contributed by atoms with E-state index in [1.54, 1.807) is 19.2 Å². The molecule has 2 rings (SSSR count). The SMILES string of the molecule is CNC(c1ccc(C)c(C)c1)c1c(F)cccc1OC. The van der Waals surface area contributed by atoms with Crippen LogP contribution in [0.4, 0.5) is 4.39 Å². The Labute approximate surface area is 119 Å². The van der Waals surface area contributed by atoms with Gasteiger partial charge in [0.2, 0.25) is 0 Å². The summed E-state index contributed by atoms with van der Waals surface area (Å²) >= 11 is 0. The Morgan fingerprint density at radius 3 is 2.45 bits per heavy atom. The molecule has 0 heterocycles. The summed E-state index contributed by atoms with van der Waals surface area (Å²) in [6, 6.07) is 10.8. The van der Waals surface area contributed by atoms with Gasteiger partial charge in [0.25, 0.3) is 0 Å². The third-order valence-electron chi connectivity index (χ3n) is 3.67. The van der Waals surface area contributed by atoms with Gasteiger partial charge >= 0.3 is 0 Å². The lowest BCUT2D eigenvalue weighted by Crippen LogP contribution is -2.20. The highest BCUT2D eigenvalue weighted by molar-refractivity contribution is 5.44. The molecule has 0 saturated heterocycles. The van der Waals surface area contributed by atoms with Gasteiger partial charge in [-0.1, -0.05) is 24.3 Å². The van der Waals surface area contributed by atoms with E-state index < -0.39 is 0 Å². The summed E-state index contributed by atoms with van der Waals surface area (Å²) in [4.78, 5) is 0. The molecule has 1 unspecified atom stereocenters. The average Bonchev–Trinajstić information content (AvgIpc) is 2.45. The van der Waals surface area contributed by atoms with E-state index in [1.807, 2.05) is 13.1 Å². The molecule has 0 aliphatic heterocycles. The highest BCUT2D eigenvalue weighted by Crippen LogP contribution is 2.32. The van der Waals surface area contributed by atoms with Crippen molar-refractivity contribution in [3.63, 3.8) is 0 Å². The smallest absolute Gasteiger partial charge is 0.132 e. The molecule has 0 fully saturated rings. The molecule has 0 saturated carbocycles. The largest absolute Gasteiger partial charge is 0.496 e. The van der Waals surface area contributed by atoms with Crippen molar-refractivity contribution in [2.45, 2.75) is 19.9 Å². The van der Waals surface area contributed by atoms with Crippen molar-refractivity contribution in [2.75, 3.05) is 14.2 Å². The minimum Gasteiger partial charge on any atom is -0.496 e. The summed E-state index contributed by atoms with van der Waals surface area (Å²) in [6.07, 6.45) is 0. The van der Waals surface area contributed by atoms with Gasteiger partial charge in [0, 0.05) is 0 Å². The van der Waals surface area contributed by atoms with Gasteiger partial charge in [-0.2, -0.15) is 0 Å². The highest BCUT2D eigenvalue weighted by atomic mass is 19.1. The molecule has 106 valence electrons. The Morgan fingerprint density at radius 1 is 1.10 bits per heavy atom. The van der Waals surface area contributed by atoms with Gasteiger partial charge in [-0.05, 0) is 49.7 Å². The van der Waals surface area contributed by atoms with E-state index in [4.69, 9.17) is 4.74 Å². The van der Waals surface area contributed by atoms with Crippen molar-refractivity contribution in [3.8, 4) is 5.75 Å². The first kappa shape index (κ1) is 14.5. The third kappa shape index (κ3) is 2.68. The Bertz CT molecular complexity index is 610. The zero-order valence-corrected chi connectivity index (χ0v) is 12.3. The van der Waals surface area contributed by atoms with Crippen LogP contribution in [0.15, 0.2) is 36.4 Å². The number of halogens is 1. The molecular formula is C17H20FNO. The highest BCUT2D eigenvalue weighted by Gasteiger charge is 2.21. The molecule has 0 aromatic heterocycles. The van der Waals surface area contributed by atoms with Crippen LogP contribution in [-0.4, -0.2) is 14.2 Å². The van der Waals surface area contributed by atoms with Crippen molar-refractivity contribution >= 4 is 0 Å². The molecule has 0 aliphatic rings. The van der Waals surface area contributed by atoms with E-state index in [2.05, 4.69) is 31.3 Å². The molecule has 2 aromatic rings. The van der Waals surface area contributed by atoms with Gasteiger partial charge in [0.05, 0.1) is 18.7 Å². The van der Waals surface area contributed by atoms with Gasteiger partial charge in [-0.25, -0.2) is 4.39 Å². The first-order chi connectivity index (χ1) is 9.58. The minimum atomic E-state index is -0.262. The monoisotopic (exact) mass is 273 g/mol. The number of methoxy groups -OCH3 is 1. The number of aryl methyl sites for hydroxylation is 2. The number of rotatable bonds is 4. The summed E-state index contributed by atoms with van der Waals surface area (Å²) < 4.78 is 19.5. The second-order valence-corrected chi connectivity index (χ2v) is 4.92. The van der Waals surface area contributed by atoms with Crippen molar-refractivity contribution in [1.82, 2.24) is 5.32 Å². The van der Waals surface area contributed by atoms with Gasteiger partial charge in [-0.3, -0.25) is 0 Å². The summed E-state index contributed by atoms with van der Waals surface area (Å²) in [7, 11) is 3.39. The number of hydrogen-bond donors (Lipinski definition) is 1. The Kier molecular flexibility index (Phi) is 4.40. The van der Waals surface area contributed by atoms with Gasteiger partial charge in [-0.15, -0.1) is 0 Å². The van der Waals surface area contributed by atoms with Crippen LogP contribution in [0.5, 0.6) is 5.75 Å². The van der Waals surface area contributed by atoms with Gasteiger partial charge in [0.1, 0.15) is 11.6 Å². The van der Waals surface area contributed by atoms with E-state index >= 15 is 0 Å². The number of ether oxygens (including phenoxy) is 1. The molecule has 0 bridgehead atoms. The van der Waals surface area contributed by atoms with Crippen molar-refractivity contribution in [1.29, 1.82) is 0 Å². The van der Waals surface area contributed by atoms with Crippen LogP contribution in [-0.2, 0) is 0 Å². The number of hydrogen-bond acceptors (Lipinski definition) is 2. The van der Waals surface area contributed by atoms with Crippen molar-refractivity contribution in [2.24, 2.45) is 0 Å². The van der Waals surface area contributed by atoms with E-state index in [0.29, 0.717) is 11.3 Å². The summed E-state index contributed by atoms with van der Waals surface area (Å²) in [5.41, 5.74) is 3.99. The molecule has 2 nitrogen and oxygen atoms in total. The summed E-state index contributed by atoms with van der Waals surface area (Å²) in [5, 5.41) is 3.18. The standard InChI is InChI=1S/C17H20FNO/c1-11-8-9-13(10-12(11)2)17(19-3)16-14(18)6-5-7-15(16)20-4/h5-10,17,19H,1-4H3. The molecule has 2 aromatic carbocycles. The fraction of sp³-hybridized carbons (Fsp3) is 0.294. The molecule has 3 heteroatoms. The summed E-state index contributed by atoms with van der Waals surface area (Å²) in [5.74, 6) is 0.296.